The molecule has 0 heterocycles. The Hall–Kier alpha value is -0.120. The normalized spacial score (nSPS) is 18.2. The molecule has 0 radical (unpaired) electrons. The number of ether oxygens (including phenoxy) is 1. The van der Waals surface area contributed by atoms with Crippen LogP contribution in [0.15, 0.2) is 0 Å². The Morgan fingerprint density at radius 3 is 2.15 bits per heavy atom. The molecule has 3 nitrogen and oxygen atoms in total. The number of nitrogens with two attached hydrogens (primary N) is 1. The summed E-state index contributed by atoms with van der Waals surface area (Å²) in [6.45, 7) is 5.69. The van der Waals surface area contributed by atoms with Gasteiger partial charge in [-0.1, -0.05) is 12.8 Å². The first-order chi connectivity index (χ1) is 6.02. The highest BCUT2D eigenvalue weighted by atomic mass is 16.5. The van der Waals surface area contributed by atoms with Gasteiger partial charge in [0.15, 0.2) is 0 Å². The maximum absolute atomic E-state index is 9.01. The van der Waals surface area contributed by atoms with Crippen LogP contribution < -0.4 is 5.73 Å². The van der Waals surface area contributed by atoms with Gasteiger partial charge in [-0.3, -0.25) is 0 Å². The third kappa shape index (κ3) is 9.80. The highest BCUT2D eigenvalue weighted by Gasteiger charge is 2.04. The van der Waals surface area contributed by atoms with Gasteiger partial charge >= 0.3 is 0 Å². The van der Waals surface area contributed by atoms with Crippen LogP contribution in [-0.4, -0.2) is 23.5 Å². The van der Waals surface area contributed by atoms with Crippen LogP contribution in [0.2, 0.25) is 0 Å². The average Bonchev–Trinajstić information content (AvgIpc) is 1.96. The van der Waals surface area contributed by atoms with Crippen molar-refractivity contribution in [3.05, 3.63) is 0 Å². The minimum absolute atomic E-state index is 0.174. The van der Waals surface area contributed by atoms with Gasteiger partial charge in [-0.05, 0) is 33.6 Å². The first kappa shape index (κ1) is 12.9. The summed E-state index contributed by atoms with van der Waals surface area (Å²) in [6, 6.07) is 0. The Bertz CT molecular complexity index is 115. The van der Waals surface area contributed by atoms with Crippen LogP contribution in [0.5, 0.6) is 0 Å². The summed E-state index contributed by atoms with van der Waals surface area (Å²) in [5, 5.41) is 9.01. The quantitative estimate of drug-likeness (QED) is 0.473. The van der Waals surface area contributed by atoms with Crippen molar-refractivity contribution in [1.82, 2.24) is 0 Å². The molecule has 0 fully saturated rings. The van der Waals surface area contributed by atoms with Crippen molar-refractivity contribution in [2.24, 2.45) is 5.73 Å². The smallest absolute Gasteiger partial charge is 0.103 e. The number of aliphatic hydroxyl groups is 1. The lowest BCUT2D eigenvalue weighted by Gasteiger charge is -2.15. The predicted octanol–water partition coefficient (Wildman–Crippen LogP) is 1.64. The molecule has 0 aliphatic rings. The molecule has 3 atom stereocenters. The van der Waals surface area contributed by atoms with Crippen LogP contribution in [0.4, 0.5) is 0 Å². The highest BCUT2D eigenvalue weighted by Crippen LogP contribution is 2.08. The third-order valence-electron chi connectivity index (χ3n) is 1.93. The van der Waals surface area contributed by atoms with Crippen molar-refractivity contribution in [3.8, 4) is 0 Å². The van der Waals surface area contributed by atoms with Crippen LogP contribution in [0.3, 0.4) is 0 Å². The molecule has 0 aliphatic carbocycles. The van der Waals surface area contributed by atoms with Crippen molar-refractivity contribution in [2.45, 2.75) is 64.9 Å². The zero-order valence-corrected chi connectivity index (χ0v) is 8.99. The molecule has 0 amide bonds. The fourth-order valence-electron chi connectivity index (χ4n) is 1.31. The van der Waals surface area contributed by atoms with Gasteiger partial charge in [-0.2, -0.15) is 0 Å². The van der Waals surface area contributed by atoms with Gasteiger partial charge in [0.1, 0.15) is 6.23 Å². The van der Waals surface area contributed by atoms with Crippen molar-refractivity contribution < 1.29 is 9.84 Å². The molecule has 0 rings (SSSR count). The van der Waals surface area contributed by atoms with Crippen LogP contribution >= 0.6 is 0 Å². The van der Waals surface area contributed by atoms with E-state index in [1.165, 1.54) is 0 Å². The van der Waals surface area contributed by atoms with E-state index in [0.717, 1.165) is 25.7 Å². The molecule has 3 N–H and O–H groups in total. The van der Waals surface area contributed by atoms with Crippen molar-refractivity contribution in [1.29, 1.82) is 0 Å². The molecule has 0 aromatic heterocycles. The van der Waals surface area contributed by atoms with Crippen LogP contribution in [0, 0.1) is 0 Å². The Kier molecular flexibility index (Phi) is 7.23. The maximum atomic E-state index is 9.01. The van der Waals surface area contributed by atoms with Gasteiger partial charge in [0.05, 0.1) is 12.2 Å². The SMILES string of the molecule is CC(O)CCCCC(C)OC(C)N. The van der Waals surface area contributed by atoms with Crippen LogP contribution in [0.25, 0.3) is 0 Å². The van der Waals surface area contributed by atoms with E-state index in [4.69, 9.17) is 15.6 Å². The molecule has 0 aromatic rings. The molecule has 13 heavy (non-hydrogen) atoms. The van der Waals surface area contributed by atoms with Gasteiger partial charge < -0.3 is 15.6 Å². The van der Waals surface area contributed by atoms with Gasteiger partial charge in [0, 0.05) is 0 Å². The Balaban J connectivity index is 3.22. The molecule has 0 saturated carbocycles. The summed E-state index contributed by atoms with van der Waals surface area (Å²) in [6.07, 6.45) is 3.94. The van der Waals surface area contributed by atoms with Crippen molar-refractivity contribution in [3.63, 3.8) is 0 Å². The Morgan fingerprint density at radius 1 is 1.15 bits per heavy atom. The van der Waals surface area contributed by atoms with Gasteiger partial charge in [-0.25, -0.2) is 0 Å². The summed E-state index contributed by atoms with van der Waals surface area (Å²) in [5.74, 6) is 0. The molecular weight excluding hydrogens is 166 g/mol. The minimum atomic E-state index is -0.176. The van der Waals surface area contributed by atoms with E-state index in [9.17, 15) is 0 Å². The van der Waals surface area contributed by atoms with E-state index in [1.54, 1.807) is 0 Å². The Labute approximate surface area is 81.3 Å². The second kappa shape index (κ2) is 7.30. The molecule has 0 aromatic carbocycles. The lowest BCUT2D eigenvalue weighted by atomic mass is 10.1. The minimum Gasteiger partial charge on any atom is -0.393 e. The topological polar surface area (TPSA) is 55.5 Å². The van der Waals surface area contributed by atoms with Crippen LogP contribution in [-0.2, 0) is 4.74 Å². The van der Waals surface area contributed by atoms with E-state index in [2.05, 4.69) is 0 Å². The fraction of sp³-hybridized carbons (Fsp3) is 1.00. The second-order valence-corrected chi connectivity index (χ2v) is 3.79. The van der Waals surface area contributed by atoms with E-state index in [1.807, 2.05) is 20.8 Å². The number of hydrogen-bond acceptors (Lipinski definition) is 3. The predicted molar refractivity (Wildman–Crippen MR) is 54.3 cm³/mol. The van der Waals surface area contributed by atoms with Gasteiger partial charge in [0.2, 0.25) is 0 Å². The zero-order valence-electron chi connectivity index (χ0n) is 8.99. The van der Waals surface area contributed by atoms with Gasteiger partial charge in [0.25, 0.3) is 0 Å². The lowest BCUT2D eigenvalue weighted by Crippen LogP contribution is -2.24. The monoisotopic (exact) mass is 189 g/mol. The highest BCUT2D eigenvalue weighted by molar-refractivity contribution is 4.54. The molecule has 3 heteroatoms. The largest absolute Gasteiger partial charge is 0.393 e. The zero-order chi connectivity index (χ0) is 10.3. The molecule has 3 unspecified atom stereocenters. The summed E-state index contributed by atoms with van der Waals surface area (Å²) >= 11 is 0. The molecule has 0 spiro atoms. The number of unbranched alkanes of at least 4 members (excludes halogenated alkanes) is 1. The molecule has 0 saturated heterocycles. The summed E-state index contributed by atoms with van der Waals surface area (Å²) < 4.78 is 5.37. The third-order valence-corrected chi connectivity index (χ3v) is 1.93. The lowest BCUT2D eigenvalue weighted by molar-refractivity contribution is 0.00620. The molecular formula is C10H23NO2. The fourth-order valence-corrected chi connectivity index (χ4v) is 1.31. The van der Waals surface area contributed by atoms with Crippen molar-refractivity contribution in [2.75, 3.05) is 0 Å². The Morgan fingerprint density at radius 2 is 1.69 bits per heavy atom. The second-order valence-electron chi connectivity index (χ2n) is 3.79. The first-order valence-corrected chi connectivity index (χ1v) is 5.11. The molecule has 80 valence electrons. The van der Waals surface area contributed by atoms with E-state index in [-0.39, 0.29) is 18.4 Å². The van der Waals surface area contributed by atoms with E-state index in [0.29, 0.717) is 0 Å². The van der Waals surface area contributed by atoms with Crippen LogP contribution in [0.1, 0.15) is 46.5 Å². The standard InChI is InChI=1S/C10H23NO2/c1-8(12)6-4-5-7-9(2)13-10(3)11/h8-10,12H,4-7,11H2,1-3H3. The van der Waals surface area contributed by atoms with E-state index < -0.39 is 0 Å². The summed E-state index contributed by atoms with van der Waals surface area (Å²) in [5.41, 5.74) is 5.48. The number of rotatable bonds is 7. The number of aliphatic hydroxyl groups excluding tert-OH is 1. The van der Waals surface area contributed by atoms with E-state index >= 15 is 0 Å². The average molecular weight is 189 g/mol. The summed E-state index contributed by atoms with van der Waals surface area (Å²) in [7, 11) is 0. The first-order valence-electron chi connectivity index (χ1n) is 5.11. The molecule has 0 aliphatic heterocycles. The van der Waals surface area contributed by atoms with Crippen molar-refractivity contribution >= 4 is 0 Å². The summed E-state index contributed by atoms with van der Waals surface area (Å²) in [4.78, 5) is 0. The maximum Gasteiger partial charge on any atom is 0.103 e. The molecule has 0 bridgehead atoms. The van der Waals surface area contributed by atoms with Gasteiger partial charge in [-0.15, -0.1) is 0 Å². The number of hydrogen-bond donors (Lipinski definition) is 2.